The quantitative estimate of drug-likeness (QED) is 0.864. The molecule has 0 N–H and O–H groups in total. The second-order valence-corrected chi connectivity index (χ2v) is 7.82. The van der Waals surface area contributed by atoms with Crippen LogP contribution >= 0.6 is 11.3 Å². The molecule has 2 heterocycles. The lowest BCUT2D eigenvalue weighted by Gasteiger charge is -2.23. The highest BCUT2D eigenvalue weighted by Crippen LogP contribution is 2.30. The van der Waals surface area contributed by atoms with Crippen LogP contribution < -0.4 is 0 Å². The van der Waals surface area contributed by atoms with Crippen molar-refractivity contribution in [3.63, 3.8) is 0 Å². The molecule has 0 aliphatic carbocycles. The number of rotatable bonds is 4. The zero-order chi connectivity index (χ0) is 14.8. The number of hydrogen-bond donors (Lipinski definition) is 0. The van der Waals surface area contributed by atoms with Gasteiger partial charge in [-0.3, -0.25) is 0 Å². The van der Waals surface area contributed by atoms with E-state index in [0.29, 0.717) is 0 Å². The van der Waals surface area contributed by atoms with Gasteiger partial charge in [-0.2, -0.15) is 0 Å². The summed E-state index contributed by atoms with van der Waals surface area (Å²) in [6.07, 6.45) is 7.32. The molecule has 4 nitrogen and oxygen atoms in total. The van der Waals surface area contributed by atoms with Crippen LogP contribution in [0.25, 0.3) is 0 Å². The predicted molar refractivity (Wildman–Crippen MR) is 82.0 cm³/mol. The van der Waals surface area contributed by atoms with Crippen molar-refractivity contribution < 1.29 is 0 Å². The maximum Gasteiger partial charge on any atom is 0.122 e. The third-order valence-corrected chi connectivity index (χ3v) is 4.82. The molecule has 2 aromatic rings. The van der Waals surface area contributed by atoms with Crippen molar-refractivity contribution >= 4 is 11.3 Å². The Kier molecular flexibility index (Phi) is 4.18. The SMILES string of the molecule is CC(C)(C)c1nnc(CCC(C)(C)c2cncnc2)s1. The van der Waals surface area contributed by atoms with Crippen LogP contribution in [0.5, 0.6) is 0 Å². The molecule has 0 radical (unpaired) electrons. The van der Waals surface area contributed by atoms with Crippen LogP contribution in [0.3, 0.4) is 0 Å². The molecule has 0 fully saturated rings. The Morgan fingerprint density at radius 1 is 1.00 bits per heavy atom. The summed E-state index contributed by atoms with van der Waals surface area (Å²) < 4.78 is 0. The fraction of sp³-hybridized carbons (Fsp3) is 0.600. The molecule has 0 aromatic carbocycles. The molecule has 0 spiro atoms. The molecular weight excluding hydrogens is 268 g/mol. The van der Waals surface area contributed by atoms with Gasteiger partial charge in [-0.1, -0.05) is 34.6 Å². The summed E-state index contributed by atoms with van der Waals surface area (Å²) in [4.78, 5) is 8.21. The third kappa shape index (κ3) is 3.60. The van der Waals surface area contributed by atoms with E-state index in [9.17, 15) is 0 Å². The fourth-order valence-corrected chi connectivity index (χ4v) is 2.77. The molecule has 2 aromatic heterocycles. The Morgan fingerprint density at radius 3 is 2.20 bits per heavy atom. The van der Waals surface area contributed by atoms with Crippen molar-refractivity contribution in [1.29, 1.82) is 0 Å². The Balaban J connectivity index is 2.03. The minimum Gasteiger partial charge on any atom is -0.245 e. The van der Waals surface area contributed by atoms with Gasteiger partial charge in [0.05, 0.1) is 0 Å². The first-order chi connectivity index (χ1) is 9.29. The summed E-state index contributed by atoms with van der Waals surface area (Å²) in [5.41, 5.74) is 1.30. The summed E-state index contributed by atoms with van der Waals surface area (Å²) in [5.74, 6) is 0. The largest absolute Gasteiger partial charge is 0.245 e. The van der Waals surface area contributed by atoms with Crippen molar-refractivity contribution in [2.24, 2.45) is 0 Å². The van der Waals surface area contributed by atoms with Crippen LogP contribution in [0, 0.1) is 0 Å². The van der Waals surface area contributed by atoms with Crippen molar-refractivity contribution in [2.45, 2.75) is 58.3 Å². The van der Waals surface area contributed by atoms with E-state index in [-0.39, 0.29) is 10.8 Å². The van der Waals surface area contributed by atoms with E-state index in [1.807, 2.05) is 12.4 Å². The molecular formula is C15H22N4S. The van der Waals surface area contributed by atoms with Gasteiger partial charge in [0.1, 0.15) is 16.3 Å². The van der Waals surface area contributed by atoms with Crippen LogP contribution in [0.15, 0.2) is 18.7 Å². The van der Waals surface area contributed by atoms with E-state index in [0.717, 1.165) is 22.9 Å². The second-order valence-electron chi connectivity index (χ2n) is 6.76. The highest BCUT2D eigenvalue weighted by atomic mass is 32.1. The van der Waals surface area contributed by atoms with Gasteiger partial charge in [0, 0.05) is 24.2 Å². The van der Waals surface area contributed by atoms with Crippen LogP contribution in [-0.4, -0.2) is 20.2 Å². The van der Waals surface area contributed by atoms with Gasteiger partial charge in [0.25, 0.3) is 0 Å². The smallest absolute Gasteiger partial charge is 0.122 e. The summed E-state index contributed by atoms with van der Waals surface area (Å²) in [5, 5.41) is 10.8. The van der Waals surface area contributed by atoms with Crippen molar-refractivity contribution in [3.8, 4) is 0 Å². The lowest BCUT2D eigenvalue weighted by Crippen LogP contribution is -2.18. The lowest BCUT2D eigenvalue weighted by molar-refractivity contribution is 0.475. The molecule has 0 saturated carbocycles. The van der Waals surface area contributed by atoms with Crippen LogP contribution in [0.2, 0.25) is 0 Å². The van der Waals surface area contributed by atoms with Gasteiger partial charge in [-0.05, 0) is 17.4 Å². The number of nitrogens with zero attached hydrogens (tertiary/aromatic N) is 4. The van der Waals surface area contributed by atoms with Gasteiger partial charge in [0.15, 0.2) is 0 Å². The molecule has 108 valence electrons. The normalized spacial score (nSPS) is 12.7. The Morgan fingerprint density at radius 2 is 1.65 bits per heavy atom. The minimum atomic E-state index is 0.0504. The summed E-state index contributed by atoms with van der Waals surface area (Å²) >= 11 is 1.72. The van der Waals surface area contributed by atoms with Crippen molar-refractivity contribution in [1.82, 2.24) is 20.2 Å². The highest BCUT2D eigenvalue weighted by Gasteiger charge is 2.23. The molecule has 0 saturated heterocycles. The lowest BCUT2D eigenvalue weighted by atomic mass is 9.82. The third-order valence-electron chi connectivity index (χ3n) is 3.41. The van der Waals surface area contributed by atoms with E-state index >= 15 is 0 Å². The van der Waals surface area contributed by atoms with Crippen LogP contribution in [0.1, 0.15) is 56.6 Å². The Bertz CT molecular complexity index is 555. The number of aryl methyl sites for hydroxylation is 1. The van der Waals surface area contributed by atoms with E-state index in [1.165, 1.54) is 5.56 Å². The van der Waals surface area contributed by atoms with Gasteiger partial charge < -0.3 is 0 Å². The number of hydrogen-bond acceptors (Lipinski definition) is 5. The van der Waals surface area contributed by atoms with E-state index in [4.69, 9.17) is 0 Å². The monoisotopic (exact) mass is 290 g/mol. The Labute approximate surface area is 124 Å². The zero-order valence-corrected chi connectivity index (χ0v) is 13.7. The van der Waals surface area contributed by atoms with Gasteiger partial charge in [-0.25, -0.2) is 9.97 Å². The van der Waals surface area contributed by atoms with Crippen LogP contribution in [0.4, 0.5) is 0 Å². The summed E-state index contributed by atoms with van der Waals surface area (Å²) in [6, 6.07) is 0. The molecule has 0 aliphatic heterocycles. The van der Waals surface area contributed by atoms with E-state index < -0.39 is 0 Å². The first-order valence-corrected chi connectivity index (χ1v) is 7.69. The van der Waals surface area contributed by atoms with Crippen molar-refractivity contribution in [3.05, 3.63) is 34.3 Å². The topological polar surface area (TPSA) is 51.6 Å². The maximum atomic E-state index is 4.32. The molecule has 0 aliphatic rings. The van der Waals surface area contributed by atoms with Crippen molar-refractivity contribution in [2.75, 3.05) is 0 Å². The average Bonchev–Trinajstić information content (AvgIpc) is 2.86. The molecule has 20 heavy (non-hydrogen) atoms. The molecule has 0 unspecified atom stereocenters. The minimum absolute atomic E-state index is 0.0504. The van der Waals surface area contributed by atoms with Gasteiger partial charge >= 0.3 is 0 Å². The number of aromatic nitrogens is 4. The Hall–Kier alpha value is -1.36. The van der Waals surface area contributed by atoms with Crippen LogP contribution in [-0.2, 0) is 17.3 Å². The molecule has 0 atom stereocenters. The zero-order valence-electron chi connectivity index (χ0n) is 12.8. The van der Waals surface area contributed by atoms with E-state index in [2.05, 4.69) is 54.8 Å². The predicted octanol–water partition coefficient (Wildman–Crippen LogP) is 3.54. The fourth-order valence-electron chi connectivity index (χ4n) is 1.87. The highest BCUT2D eigenvalue weighted by molar-refractivity contribution is 7.11. The summed E-state index contributed by atoms with van der Waals surface area (Å²) in [6.45, 7) is 10.9. The van der Waals surface area contributed by atoms with E-state index in [1.54, 1.807) is 17.7 Å². The first-order valence-electron chi connectivity index (χ1n) is 6.87. The molecule has 0 bridgehead atoms. The summed E-state index contributed by atoms with van der Waals surface area (Å²) in [7, 11) is 0. The van der Waals surface area contributed by atoms with Gasteiger partial charge in [-0.15, -0.1) is 21.5 Å². The molecule has 2 rings (SSSR count). The maximum absolute atomic E-state index is 4.32. The average molecular weight is 290 g/mol. The molecule has 5 heteroatoms. The standard InChI is InChI=1S/C15H22N4S/c1-14(2,3)13-19-18-12(20-13)6-7-15(4,5)11-8-16-10-17-9-11/h8-10H,6-7H2,1-5H3. The molecule has 0 amide bonds. The van der Waals surface area contributed by atoms with Gasteiger partial charge in [0.2, 0.25) is 0 Å². The second kappa shape index (κ2) is 5.56. The first kappa shape index (κ1) is 15.0.